The summed E-state index contributed by atoms with van der Waals surface area (Å²) < 4.78 is 0. The molecule has 0 bridgehead atoms. The maximum atomic E-state index is 6.99. The third-order valence-electron chi connectivity index (χ3n) is 5.76. The molecule has 0 fully saturated rings. The van der Waals surface area contributed by atoms with Gasteiger partial charge in [-0.2, -0.15) is 0 Å². The molecule has 6 heteroatoms. The zero-order chi connectivity index (χ0) is 19.7. The molecule has 26 heavy (non-hydrogen) atoms. The Morgan fingerprint density at radius 1 is 0.538 bits per heavy atom. The molecular weight excluding hydrogens is 324 g/mol. The molecule has 0 aromatic rings. The van der Waals surface area contributed by atoms with Gasteiger partial charge in [0.05, 0.1) is 0 Å². The molecule has 158 valence electrons. The average molecular weight is 373 g/mol. The van der Waals surface area contributed by atoms with Crippen molar-refractivity contribution in [3.8, 4) is 0 Å². The first-order valence-electron chi connectivity index (χ1n) is 10.9. The second-order valence-corrected chi connectivity index (χ2v) is 7.96. The standard InChI is InChI=1S/C20H48N6/c21-12-2-1-7-18(8-3-13-22)17-19(9-4-14-23)20(26,10-5-15-24)11-6-16-25/h18-19H,1-17,21-26H2. The van der Waals surface area contributed by atoms with Crippen LogP contribution in [0.1, 0.15) is 77.0 Å². The van der Waals surface area contributed by atoms with Crippen LogP contribution < -0.4 is 34.4 Å². The Morgan fingerprint density at radius 3 is 1.50 bits per heavy atom. The lowest BCUT2D eigenvalue weighted by Crippen LogP contribution is -2.48. The van der Waals surface area contributed by atoms with E-state index in [9.17, 15) is 0 Å². The van der Waals surface area contributed by atoms with Crippen LogP contribution in [0.15, 0.2) is 0 Å². The van der Waals surface area contributed by atoms with Crippen LogP contribution in [0.5, 0.6) is 0 Å². The third kappa shape index (κ3) is 11.5. The zero-order valence-corrected chi connectivity index (χ0v) is 17.1. The number of hydrogen-bond acceptors (Lipinski definition) is 6. The average Bonchev–Trinajstić information content (AvgIpc) is 2.65. The van der Waals surface area contributed by atoms with Gasteiger partial charge in [-0.05, 0) is 109 Å². The zero-order valence-electron chi connectivity index (χ0n) is 17.1. The minimum Gasteiger partial charge on any atom is -0.330 e. The van der Waals surface area contributed by atoms with Gasteiger partial charge in [-0.3, -0.25) is 0 Å². The van der Waals surface area contributed by atoms with Gasteiger partial charge in [-0.1, -0.05) is 12.8 Å². The summed E-state index contributed by atoms with van der Waals surface area (Å²) in [6.07, 6.45) is 13.0. The first-order chi connectivity index (χ1) is 12.6. The molecule has 0 aromatic heterocycles. The Bertz CT molecular complexity index is 292. The van der Waals surface area contributed by atoms with Crippen LogP contribution in [-0.2, 0) is 0 Å². The predicted octanol–water partition coefficient (Wildman–Crippen LogP) is 1.39. The quantitative estimate of drug-likeness (QED) is 0.188. The van der Waals surface area contributed by atoms with E-state index in [2.05, 4.69) is 0 Å². The van der Waals surface area contributed by atoms with Crippen molar-refractivity contribution in [2.45, 2.75) is 82.6 Å². The Kier molecular flexibility index (Phi) is 16.7. The van der Waals surface area contributed by atoms with E-state index in [0.29, 0.717) is 24.9 Å². The van der Waals surface area contributed by atoms with E-state index in [1.807, 2.05) is 0 Å². The predicted molar refractivity (Wildman–Crippen MR) is 115 cm³/mol. The van der Waals surface area contributed by atoms with Crippen molar-refractivity contribution < 1.29 is 0 Å². The molecule has 0 aliphatic heterocycles. The summed E-state index contributed by atoms with van der Waals surface area (Å²) in [5.74, 6) is 1.15. The number of unbranched alkanes of at least 4 members (excludes halogenated alkanes) is 1. The molecule has 0 spiro atoms. The largest absolute Gasteiger partial charge is 0.330 e. The van der Waals surface area contributed by atoms with Crippen molar-refractivity contribution in [3.05, 3.63) is 0 Å². The SMILES string of the molecule is NCCCCC(CCCN)CC(CCCN)C(N)(CCCN)CCCN. The first-order valence-corrected chi connectivity index (χ1v) is 10.9. The van der Waals surface area contributed by atoms with Crippen molar-refractivity contribution in [1.29, 1.82) is 0 Å². The van der Waals surface area contributed by atoms with Crippen LogP contribution in [0.3, 0.4) is 0 Å². The molecule has 0 heterocycles. The maximum absolute atomic E-state index is 6.99. The molecule has 6 nitrogen and oxygen atoms in total. The molecule has 0 saturated heterocycles. The fourth-order valence-electron chi connectivity index (χ4n) is 4.17. The monoisotopic (exact) mass is 372 g/mol. The van der Waals surface area contributed by atoms with E-state index >= 15 is 0 Å². The summed E-state index contributed by atoms with van der Waals surface area (Å²) in [7, 11) is 0. The van der Waals surface area contributed by atoms with Crippen molar-refractivity contribution in [2.75, 3.05) is 32.7 Å². The molecular formula is C20H48N6. The van der Waals surface area contributed by atoms with E-state index in [1.165, 1.54) is 19.3 Å². The molecule has 0 aliphatic rings. The van der Waals surface area contributed by atoms with Crippen LogP contribution in [0.2, 0.25) is 0 Å². The summed E-state index contributed by atoms with van der Waals surface area (Å²) >= 11 is 0. The van der Waals surface area contributed by atoms with Gasteiger partial charge in [0.15, 0.2) is 0 Å². The molecule has 0 aromatic carbocycles. The van der Waals surface area contributed by atoms with Crippen LogP contribution in [-0.4, -0.2) is 38.3 Å². The van der Waals surface area contributed by atoms with E-state index in [4.69, 9.17) is 34.4 Å². The van der Waals surface area contributed by atoms with Gasteiger partial charge in [0.2, 0.25) is 0 Å². The Labute approximate surface area is 162 Å². The van der Waals surface area contributed by atoms with E-state index in [-0.39, 0.29) is 5.54 Å². The van der Waals surface area contributed by atoms with Gasteiger partial charge in [-0.15, -0.1) is 0 Å². The molecule has 2 unspecified atom stereocenters. The fourth-order valence-corrected chi connectivity index (χ4v) is 4.17. The van der Waals surface area contributed by atoms with Gasteiger partial charge in [0, 0.05) is 5.54 Å². The van der Waals surface area contributed by atoms with E-state index in [0.717, 1.165) is 77.4 Å². The normalized spacial score (nSPS) is 14.5. The number of hydrogen-bond donors (Lipinski definition) is 6. The van der Waals surface area contributed by atoms with Gasteiger partial charge < -0.3 is 34.4 Å². The molecule has 0 radical (unpaired) electrons. The molecule has 0 aliphatic carbocycles. The van der Waals surface area contributed by atoms with Gasteiger partial charge in [0.1, 0.15) is 0 Å². The van der Waals surface area contributed by atoms with Crippen LogP contribution in [0, 0.1) is 11.8 Å². The summed E-state index contributed by atoms with van der Waals surface area (Å²) in [5.41, 5.74) is 35.7. The van der Waals surface area contributed by atoms with Crippen molar-refractivity contribution in [1.82, 2.24) is 0 Å². The van der Waals surface area contributed by atoms with Gasteiger partial charge in [0.25, 0.3) is 0 Å². The number of rotatable bonds is 19. The lowest BCUT2D eigenvalue weighted by atomic mass is 9.70. The lowest BCUT2D eigenvalue weighted by Gasteiger charge is -2.40. The highest BCUT2D eigenvalue weighted by Crippen LogP contribution is 2.36. The number of nitrogens with two attached hydrogens (primary N) is 6. The molecule has 0 rings (SSSR count). The highest BCUT2D eigenvalue weighted by molar-refractivity contribution is 4.92. The lowest BCUT2D eigenvalue weighted by molar-refractivity contribution is 0.169. The fraction of sp³-hybridized carbons (Fsp3) is 1.00. The second-order valence-electron chi connectivity index (χ2n) is 7.96. The maximum Gasteiger partial charge on any atom is 0.0183 e. The third-order valence-corrected chi connectivity index (χ3v) is 5.76. The van der Waals surface area contributed by atoms with Crippen LogP contribution in [0.4, 0.5) is 0 Å². The van der Waals surface area contributed by atoms with Crippen molar-refractivity contribution in [2.24, 2.45) is 46.2 Å². The Balaban J connectivity index is 5.12. The van der Waals surface area contributed by atoms with E-state index < -0.39 is 0 Å². The first kappa shape index (κ1) is 25.8. The minimum absolute atomic E-state index is 0.178. The van der Waals surface area contributed by atoms with E-state index in [1.54, 1.807) is 0 Å². The van der Waals surface area contributed by atoms with Crippen molar-refractivity contribution >= 4 is 0 Å². The highest BCUT2D eigenvalue weighted by Gasteiger charge is 2.34. The second kappa shape index (κ2) is 16.9. The molecule has 2 atom stereocenters. The summed E-state index contributed by atoms with van der Waals surface area (Å²) in [6, 6.07) is 0. The summed E-state index contributed by atoms with van der Waals surface area (Å²) in [4.78, 5) is 0. The molecule has 12 N–H and O–H groups in total. The van der Waals surface area contributed by atoms with Crippen LogP contribution >= 0.6 is 0 Å². The smallest absolute Gasteiger partial charge is 0.0183 e. The summed E-state index contributed by atoms with van der Waals surface area (Å²) in [6.45, 7) is 3.64. The molecule has 0 saturated carbocycles. The topological polar surface area (TPSA) is 156 Å². The summed E-state index contributed by atoms with van der Waals surface area (Å²) in [5, 5.41) is 0. The Morgan fingerprint density at radius 2 is 1.00 bits per heavy atom. The van der Waals surface area contributed by atoms with Gasteiger partial charge in [-0.25, -0.2) is 0 Å². The highest BCUT2D eigenvalue weighted by atomic mass is 14.8. The van der Waals surface area contributed by atoms with Crippen LogP contribution in [0.25, 0.3) is 0 Å². The van der Waals surface area contributed by atoms with Crippen molar-refractivity contribution in [3.63, 3.8) is 0 Å². The Hall–Kier alpha value is -0.240. The molecule has 0 amide bonds. The van der Waals surface area contributed by atoms with Gasteiger partial charge >= 0.3 is 0 Å². The minimum atomic E-state index is -0.178.